The van der Waals surface area contributed by atoms with Gasteiger partial charge in [0.05, 0.1) is 29.0 Å². The average molecular weight is 559 g/mol. The lowest BCUT2D eigenvalue weighted by molar-refractivity contribution is 0.0984. The van der Waals surface area contributed by atoms with E-state index in [2.05, 4.69) is 50.4 Å². The number of carbonyl (C=O) groups is 1. The maximum Gasteiger partial charge on any atom is 0.320 e. The molecule has 10 heteroatoms. The Balaban J connectivity index is 0.00000272. The van der Waals surface area contributed by atoms with Crippen LogP contribution in [0.4, 0.5) is 16.3 Å². The Morgan fingerprint density at radius 3 is 2.81 bits per heavy atom. The number of morpholine rings is 1. The van der Waals surface area contributed by atoms with Crippen LogP contribution in [0.15, 0.2) is 24.3 Å². The van der Waals surface area contributed by atoms with Crippen LogP contribution < -0.4 is 20.9 Å². The highest BCUT2D eigenvalue weighted by Gasteiger charge is 2.27. The number of carbonyl (C=O) groups excluding carboxylic acids is 1. The first-order valence-electron chi connectivity index (χ1n) is 10.3. The molecule has 1 aromatic heterocycles. The van der Waals surface area contributed by atoms with Crippen molar-refractivity contribution in [3.63, 3.8) is 0 Å². The molecule has 0 bridgehead atoms. The third-order valence-corrected chi connectivity index (χ3v) is 5.59. The number of nitrogens with one attached hydrogen (secondary N) is 3. The minimum absolute atomic E-state index is 0. The molecule has 3 N–H and O–H groups in total. The lowest BCUT2D eigenvalue weighted by atomic mass is 10.1. The van der Waals surface area contributed by atoms with E-state index in [1.54, 1.807) is 0 Å². The summed E-state index contributed by atoms with van der Waals surface area (Å²) in [5, 5.41) is 9.10. The Morgan fingerprint density at radius 1 is 1.32 bits per heavy atom. The van der Waals surface area contributed by atoms with Crippen LogP contribution >= 0.6 is 35.0 Å². The van der Waals surface area contributed by atoms with Gasteiger partial charge in [-0.25, -0.2) is 14.8 Å². The summed E-state index contributed by atoms with van der Waals surface area (Å²) >= 11 is 2.15. The van der Waals surface area contributed by atoms with Crippen molar-refractivity contribution in [2.24, 2.45) is 0 Å². The van der Waals surface area contributed by atoms with Gasteiger partial charge in [0, 0.05) is 42.9 Å². The Labute approximate surface area is 202 Å². The maximum absolute atomic E-state index is 11.9. The van der Waals surface area contributed by atoms with Gasteiger partial charge in [0.2, 0.25) is 0 Å². The molecular weight excluding hydrogens is 531 g/mol. The monoisotopic (exact) mass is 558 g/mol. The number of nitrogens with zero attached hydrogens (tertiary/aromatic N) is 3. The van der Waals surface area contributed by atoms with E-state index in [9.17, 15) is 4.79 Å². The van der Waals surface area contributed by atoms with Gasteiger partial charge in [-0.2, -0.15) is 0 Å². The molecule has 4 rings (SSSR count). The number of halogens is 2. The molecule has 2 aromatic rings. The average Bonchev–Trinajstić information content (AvgIpc) is 2.73. The van der Waals surface area contributed by atoms with Crippen molar-refractivity contribution in [2.45, 2.75) is 36.9 Å². The number of rotatable bonds is 4. The zero-order valence-electron chi connectivity index (χ0n) is 17.7. The first-order chi connectivity index (χ1) is 14.5. The van der Waals surface area contributed by atoms with Crippen LogP contribution in [0.1, 0.15) is 25.1 Å². The lowest BCUT2D eigenvalue weighted by Gasteiger charge is -2.36. The topological polar surface area (TPSA) is 91.4 Å². The molecular formula is C21H28ClIN6O2. The molecule has 2 aliphatic rings. The maximum atomic E-state index is 11.9. The molecule has 8 nitrogen and oxygen atoms in total. The molecule has 1 aromatic carbocycles. The fraction of sp³-hybridized carbons (Fsp3) is 0.476. The smallest absolute Gasteiger partial charge is 0.320 e. The summed E-state index contributed by atoms with van der Waals surface area (Å²) in [6.45, 7) is 8.06. The molecule has 2 unspecified atom stereocenters. The van der Waals surface area contributed by atoms with Gasteiger partial charge in [-0.15, -0.1) is 12.4 Å². The number of hydrogen-bond acceptors (Lipinski definition) is 6. The molecule has 1 saturated heterocycles. The number of fused-ring (bicyclic) bond motifs is 1. The molecule has 31 heavy (non-hydrogen) atoms. The Hall–Kier alpha value is -1.69. The van der Waals surface area contributed by atoms with Crippen LogP contribution in [0.3, 0.4) is 0 Å². The molecule has 2 amide bonds. The minimum Gasteiger partial charge on any atom is -0.377 e. The summed E-state index contributed by atoms with van der Waals surface area (Å²) in [5.41, 5.74) is 3.98. The number of anilines is 2. The second-order valence-corrected chi connectivity index (χ2v) is 9.50. The van der Waals surface area contributed by atoms with Crippen LogP contribution in [0.2, 0.25) is 0 Å². The zero-order valence-corrected chi connectivity index (χ0v) is 20.6. The number of ether oxygens (including phenoxy) is 1. The van der Waals surface area contributed by atoms with Crippen LogP contribution in [0.25, 0.3) is 11.4 Å². The van der Waals surface area contributed by atoms with Gasteiger partial charge in [0.15, 0.2) is 5.82 Å². The molecule has 0 aliphatic carbocycles. The van der Waals surface area contributed by atoms with Gasteiger partial charge in [0.1, 0.15) is 5.82 Å². The van der Waals surface area contributed by atoms with Crippen molar-refractivity contribution in [2.75, 3.05) is 36.5 Å². The van der Waals surface area contributed by atoms with Crippen molar-refractivity contribution < 1.29 is 9.53 Å². The summed E-state index contributed by atoms with van der Waals surface area (Å²) in [6, 6.07) is 7.74. The summed E-state index contributed by atoms with van der Waals surface area (Å²) in [5.74, 6) is 1.73. The van der Waals surface area contributed by atoms with E-state index in [-0.39, 0.29) is 28.5 Å². The Kier molecular flexibility index (Phi) is 8.31. The van der Waals surface area contributed by atoms with E-state index in [4.69, 9.17) is 14.7 Å². The van der Waals surface area contributed by atoms with Crippen molar-refractivity contribution in [3.8, 4) is 11.4 Å². The molecule has 0 saturated carbocycles. The highest BCUT2D eigenvalue weighted by Crippen LogP contribution is 2.30. The fourth-order valence-corrected chi connectivity index (χ4v) is 4.07. The lowest BCUT2D eigenvalue weighted by Crippen LogP contribution is -2.45. The minimum atomic E-state index is -0.217. The highest BCUT2D eigenvalue weighted by molar-refractivity contribution is 14.1. The van der Waals surface area contributed by atoms with E-state index in [1.165, 1.54) is 5.56 Å². The number of alkyl halides is 1. The van der Waals surface area contributed by atoms with Crippen LogP contribution in [0, 0.1) is 0 Å². The van der Waals surface area contributed by atoms with Crippen LogP contribution in [0.5, 0.6) is 0 Å². The van der Waals surface area contributed by atoms with Crippen LogP contribution in [-0.2, 0) is 17.7 Å². The SMILES string of the molecule is CC(I)NC(=O)Nc1ccc(-c2nc3c(c(N4CCOCC4C)n2)CNCC3)cc1.Cl. The Morgan fingerprint density at radius 2 is 2.10 bits per heavy atom. The van der Waals surface area contributed by atoms with E-state index < -0.39 is 0 Å². The van der Waals surface area contributed by atoms with Gasteiger partial charge in [-0.1, -0.05) is 22.6 Å². The summed E-state index contributed by atoms with van der Waals surface area (Å²) in [7, 11) is 0. The van der Waals surface area contributed by atoms with E-state index >= 15 is 0 Å². The first kappa shape index (κ1) is 24.0. The van der Waals surface area contributed by atoms with E-state index in [0.717, 1.165) is 54.6 Å². The van der Waals surface area contributed by atoms with Gasteiger partial charge in [0.25, 0.3) is 0 Å². The number of hydrogen-bond donors (Lipinski definition) is 3. The summed E-state index contributed by atoms with van der Waals surface area (Å²) in [4.78, 5) is 24.1. The van der Waals surface area contributed by atoms with Crippen LogP contribution in [-0.4, -0.2) is 52.4 Å². The van der Waals surface area contributed by atoms with Crippen molar-refractivity contribution in [1.29, 1.82) is 0 Å². The highest BCUT2D eigenvalue weighted by atomic mass is 127. The second-order valence-electron chi connectivity index (χ2n) is 7.63. The normalized spacial score (nSPS) is 19.1. The molecule has 1 fully saturated rings. The molecule has 168 valence electrons. The second kappa shape index (κ2) is 10.8. The van der Waals surface area contributed by atoms with E-state index in [0.29, 0.717) is 13.2 Å². The van der Waals surface area contributed by atoms with Gasteiger partial charge < -0.3 is 25.6 Å². The molecule has 2 aliphatic heterocycles. The third-order valence-electron chi connectivity index (χ3n) is 5.28. The van der Waals surface area contributed by atoms with Crippen molar-refractivity contribution in [3.05, 3.63) is 35.5 Å². The Bertz CT molecular complexity index is 911. The van der Waals surface area contributed by atoms with Gasteiger partial charge >= 0.3 is 6.03 Å². The van der Waals surface area contributed by atoms with Crippen molar-refractivity contribution in [1.82, 2.24) is 20.6 Å². The summed E-state index contributed by atoms with van der Waals surface area (Å²) in [6.07, 6.45) is 0.894. The molecule has 0 radical (unpaired) electrons. The first-order valence-corrected chi connectivity index (χ1v) is 11.5. The molecule has 3 heterocycles. The van der Waals surface area contributed by atoms with Gasteiger partial charge in [-0.3, -0.25) is 0 Å². The van der Waals surface area contributed by atoms with E-state index in [1.807, 2.05) is 31.2 Å². The predicted octanol–water partition coefficient (Wildman–Crippen LogP) is 3.34. The quantitative estimate of drug-likeness (QED) is 0.303. The van der Waals surface area contributed by atoms with Crippen molar-refractivity contribution >= 4 is 52.5 Å². The number of benzene rings is 1. The molecule has 2 atom stereocenters. The predicted molar refractivity (Wildman–Crippen MR) is 133 cm³/mol. The number of urea groups is 1. The van der Waals surface area contributed by atoms with Gasteiger partial charge in [-0.05, 0) is 38.1 Å². The third kappa shape index (κ3) is 5.76. The summed E-state index contributed by atoms with van der Waals surface area (Å²) < 4.78 is 5.68. The fourth-order valence-electron chi connectivity index (χ4n) is 3.78. The standard InChI is InChI=1S/C21H27IN6O2.ClH/c1-13-12-30-10-9-28(13)20-17-11-23-8-7-18(17)26-19(27-20)15-3-5-16(6-4-15)25-21(29)24-14(2)22;/h3-6,13-14,23H,7-12H2,1-2H3,(H2,24,25,29);1H. The molecule has 0 spiro atoms. The number of amides is 2. The largest absolute Gasteiger partial charge is 0.377 e. The number of aromatic nitrogens is 2. The zero-order chi connectivity index (χ0) is 21.1.